The lowest BCUT2D eigenvalue weighted by Gasteiger charge is -2.17. The highest BCUT2D eigenvalue weighted by molar-refractivity contribution is 5.32. The topological polar surface area (TPSA) is 58.0 Å². The van der Waals surface area contributed by atoms with E-state index in [1.807, 2.05) is 0 Å². The van der Waals surface area contributed by atoms with Gasteiger partial charge in [0.25, 0.3) is 0 Å². The van der Waals surface area contributed by atoms with Gasteiger partial charge in [-0.3, -0.25) is 0 Å². The quantitative estimate of drug-likeness (QED) is 0.856. The number of rotatable bonds is 2. The third kappa shape index (κ3) is 2.72. The van der Waals surface area contributed by atoms with Crippen molar-refractivity contribution in [1.29, 1.82) is 0 Å². The van der Waals surface area contributed by atoms with Crippen LogP contribution in [0.4, 0.5) is 19.1 Å². The summed E-state index contributed by atoms with van der Waals surface area (Å²) < 4.78 is 37.5. The molecule has 0 spiro atoms. The van der Waals surface area contributed by atoms with Crippen molar-refractivity contribution in [1.82, 2.24) is 9.97 Å². The molecule has 0 amide bonds. The third-order valence-electron chi connectivity index (χ3n) is 3.08. The molecule has 100 valence electrons. The molecule has 1 aliphatic carbocycles. The molecule has 1 fully saturated rings. The molecule has 18 heavy (non-hydrogen) atoms. The molecule has 0 unspecified atom stereocenters. The van der Waals surface area contributed by atoms with Gasteiger partial charge < -0.3 is 10.4 Å². The van der Waals surface area contributed by atoms with Crippen LogP contribution < -0.4 is 5.32 Å². The number of aliphatic hydroxyl groups is 1. The van der Waals surface area contributed by atoms with Gasteiger partial charge in [-0.2, -0.15) is 13.2 Å². The summed E-state index contributed by atoms with van der Waals surface area (Å²) in [6.07, 6.45) is -1.81. The minimum Gasteiger partial charge on any atom is -0.391 e. The molecule has 0 aromatic carbocycles. The lowest BCUT2D eigenvalue weighted by atomic mass is 10.2. The fourth-order valence-electron chi connectivity index (χ4n) is 2.09. The van der Waals surface area contributed by atoms with Gasteiger partial charge in [0.1, 0.15) is 0 Å². The Hall–Kier alpha value is -1.37. The summed E-state index contributed by atoms with van der Waals surface area (Å²) in [6.45, 7) is 1.29. The number of halogens is 3. The Morgan fingerprint density at radius 3 is 2.61 bits per heavy atom. The van der Waals surface area contributed by atoms with Gasteiger partial charge in [-0.05, 0) is 26.2 Å². The van der Waals surface area contributed by atoms with Crippen molar-refractivity contribution in [3.63, 3.8) is 0 Å². The summed E-state index contributed by atoms with van der Waals surface area (Å²) in [5.74, 6) is 0.131. The van der Waals surface area contributed by atoms with Gasteiger partial charge in [0.05, 0.1) is 23.4 Å². The molecule has 1 heterocycles. The Labute approximate surface area is 102 Å². The van der Waals surface area contributed by atoms with E-state index in [1.54, 1.807) is 0 Å². The Morgan fingerprint density at radius 1 is 1.39 bits per heavy atom. The highest BCUT2D eigenvalue weighted by Gasteiger charge is 2.34. The standard InChI is InChI=1S/C11H14F3N3O/c1-6-7(11(12,13)14)5-15-10(16-6)17-8-3-2-4-9(8)18/h5,8-9,18H,2-4H2,1H3,(H,15,16,17)/t8-,9+/m0/s1. The summed E-state index contributed by atoms with van der Waals surface area (Å²) in [4.78, 5) is 7.43. The molecule has 1 aromatic rings. The highest BCUT2D eigenvalue weighted by Crippen LogP contribution is 2.31. The van der Waals surface area contributed by atoms with Crippen molar-refractivity contribution in [3.8, 4) is 0 Å². The first-order valence-corrected chi connectivity index (χ1v) is 5.73. The monoisotopic (exact) mass is 261 g/mol. The number of aryl methyl sites for hydroxylation is 1. The van der Waals surface area contributed by atoms with Crippen LogP contribution in [0.2, 0.25) is 0 Å². The molecule has 2 rings (SSSR count). The first kappa shape index (κ1) is 13.1. The largest absolute Gasteiger partial charge is 0.419 e. The molecule has 0 radical (unpaired) electrons. The number of aliphatic hydroxyl groups excluding tert-OH is 1. The molecule has 2 N–H and O–H groups in total. The predicted molar refractivity (Wildman–Crippen MR) is 59.0 cm³/mol. The minimum absolute atomic E-state index is 0.118. The van der Waals surface area contributed by atoms with E-state index in [2.05, 4.69) is 15.3 Å². The molecule has 0 aliphatic heterocycles. The fraction of sp³-hybridized carbons (Fsp3) is 0.636. The summed E-state index contributed by atoms with van der Waals surface area (Å²) in [5.41, 5.74) is -0.951. The highest BCUT2D eigenvalue weighted by atomic mass is 19.4. The first-order valence-electron chi connectivity index (χ1n) is 5.73. The first-order chi connectivity index (χ1) is 8.38. The van der Waals surface area contributed by atoms with E-state index in [4.69, 9.17) is 0 Å². The van der Waals surface area contributed by atoms with E-state index in [9.17, 15) is 18.3 Å². The minimum atomic E-state index is -4.44. The van der Waals surface area contributed by atoms with E-state index < -0.39 is 17.8 Å². The van der Waals surface area contributed by atoms with Gasteiger partial charge in [0, 0.05) is 6.20 Å². The summed E-state index contributed by atoms with van der Waals surface area (Å²) in [6, 6.07) is -0.180. The second kappa shape index (κ2) is 4.72. The third-order valence-corrected chi connectivity index (χ3v) is 3.08. The van der Waals surface area contributed by atoms with Crippen LogP contribution in [0.5, 0.6) is 0 Å². The second-order valence-electron chi connectivity index (χ2n) is 4.44. The van der Waals surface area contributed by atoms with Crippen LogP contribution in [0.1, 0.15) is 30.5 Å². The molecular formula is C11H14F3N3O. The SMILES string of the molecule is Cc1nc(N[C@H]2CCC[C@H]2O)ncc1C(F)(F)F. The summed E-state index contributed by atoms with van der Waals surface area (Å²) in [5, 5.41) is 12.5. The Balaban J connectivity index is 2.14. The zero-order chi connectivity index (χ0) is 13.3. The van der Waals surface area contributed by atoms with Crippen molar-refractivity contribution in [2.45, 2.75) is 44.5 Å². The molecular weight excluding hydrogens is 247 g/mol. The Bertz CT molecular complexity index is 436. The van der Waals surface area contributed by atoms with E-state index >= 15 is 0 Å². The van der Waals surface area contributed by atoms with Crippen molar-refractivity contribution < 1.29 is 18.3 Å². The number of nitrogens with one attached hydrogen (secondary N) is 1. The van der Waals surface area contributed by atoms with Crippen molar-refractivity contribution >= 4 is 5.95 Å². The molecule has 1 saturated carbocycles. The van der Waals surface area contributed by atoms with Gasteiger partial charge in [0.2, 0.25) is 5.95 Å². The van der Waals surface area contributed by atoms with Crippen LogP contribution in [0, 0.1) is 6.92 Å². The number of hydrogen-bond donors (Lipinski definition) is 2. The smallest absolute Gasteiger partial charge is 0.391 e. The summed E-state index contributed by atoms with van der Waals surface area (Å²) in [7, 11) is 0. The number of hydrogen-bond acceptors (Lipinski definition) is 4. The van der Waals surface area contributed by atoms with Crippen LogP contribution in [-0.2, 0) is 6.18 Å². The molecule has 1 aromatic heterocycles. The number of nitrogens with zero attached hydrogens (tertiary/aromatic N) is 2. The average molecular weight is 261 g/mol. The van der Waals surface area contributed by atoms with E-state index in [-0.39, 0.29) is 17.7 Å². The molecule has 0 saturated heterocycles. The maximum absolute atomic E-state index is 12.5. The number of anilines is 1. The molecule has 2 atom stereocenters. The van der Waals surface area contributed by atoms with Crippen LogP contribution >= 0.6 is 0 Å². The maximum Gasteiger partial charge on any atom is 0.419 e. The Morgan fingerprint density at radius 2 is 2.11 bits per heavy atom. The second-order valence-corrected chi connectivity index (χ2v) is 4.44. The lowest BCUT2D eigenvalue weighted by Crippen LogP contribution is -2.29. The van der Waals surface area contributed by atoms with Crippen molar-refractivity contribution in [2.75, 3.05) is 5.32 Å². The van der Waals surface area contributed by atoms with Gasteiger partial charge in [-0.1, -0.05) is 0 Å². The van der Waals surface area contributed by atoms with Gasteiger partial charge in [-0.15, -0.1) is 0 Å². The number of aromatic nitrogens is 2. The molecule has 7 heteroatoms. The zero-order valence-corrected chi connectivity index (χ0v) is 9.83. The van der Waals surface area contributed by atoms with Crippen molar-refractivity contribution in [2.24, 2.45) is 0 Å². The molecule has 1 aliphatic rings. The predicted octanol–water partition coefficient (Wildman–Crippen LogP) is 2.13. The van der Waals surface area contributed by atoms with E-state index in [1.165, 1.54) is 6.92 Å². The van der Waals surface area contributed by atoms with Crippen LogP contribution in [0.3, 0.4) is 0 Å². The van der Waals surface area contributed by atoms with Crippen LogP contribution in [-0.4, -0.2) is 27.2 Å². The fourth-order valence-corrected chi connectivity index (χ4v) is 2.09. The van der Waals surface area contributed by atoms with Gasteiger partial charge in [-0.25, -0.2) is 9.97 Å². The normalized spacial score (nSPS) is 24.3. The molecule has 4 nitrogen and oxygen atoms in total. The van der Waals surface area contributed by atoms with Crippen LogP contribution in [0.25, 0.3) is 0 Å². The average Bonchev–Trinajstić information content (AvgIpc) is 2.62. The zero-order valence-electron chi connectivity index (χ0n) is 9.83. The lowest BCUT2D eigenvalue weighted by molar-refractivity contribution is -0.138. The van der Waals surface area contributed by atoms with Crippen LogP contribution in [0.15, 0.2) is 6.20 Å². The van der Waals surface area contributed by atoms with E-state index in [0.29, 0.717) is 6.42 Å². The van der Waals surface area contributed by atoms with Gasteiger partial charge in [0.15, 0.2) is 0 Å². The van der Waals surface area contributed by atoms with Gasteiger partial charge >= 0.3 is 6.18 Å². The number of alkyl halides is 3. The van der Waals surface area contributed by atoms with Crippen molar-refractivity contribution in [3.05, 3.63) is 17.5 Å². The van der Waals surface area contributed by atoms with E-state index in [0.717, 1.165) is 19.0 Å². The summed E-state index contributed by atoms with van der Waals surface area (Å²) >= 11 is 0. The maximum atomic E-state index is 12.5. The molecule has 0 bridgehead atoms. The Kier molecular flexibility index (Phi) is 3.43.